The molecule has 26 heavy (non-hydrogen) atoms. The third-order valence-corrected chi connectivity index (χ3v) is 4.95. The van der Waals surface area contributed by atoms with Gasteiger partial charge in [-0.1, -0.05) is 0 Å². The SMILES string of the molecule is COc1ccc(F)c(-c2nn3c(c2-c2ccc4nccn4c2)CCC3)c1. The minimum Gasteiger partial charge on any atom is -0.497 e. The fraction of sp³-hybridized carbons (Fsp3) is 0.200. The van der Waals surface area contributed by atoms with E-state index in [4.69, 9.17) is 9.84 Å². The molecule has 5 rings (SSSR count). The maximum atomic E-state index is 14.6. The lowest BCUT2D eigenvalue weighted by Gasteiger charge is -2.09. The van der Waals surface area contributed by atoms with E-state index in [1.54, 1.807) is 25.4 Å². The minimum absolute atomic E-state index is 0.299. The average Bonchev–Trinajstić information content (AvgIpc) is 3.36. The van der Waals surface area contributed by atoms with E-state index in [2.05, 4.69) is 4.98 Å². The number of nitrogens with zero attached hydrogens (tertiary/aromatic N) is 4. The van der Waals surface area contributed by atoms with Crippen LogP contribution in [-0.4, -0.2) is 26.3 Å². The Morgan fingerprint density at radius 1 is 1.19 bits per heavy atom. The molecule has 6 heteroatoms. The molecule has 0 bridgehead atoms. The van der Waals surface area contributed by atoms with Crippen LogP contribution in [0.1, 0.15) is 12.1 Å². The molecule has 0 N–H and O–H groups in total. The molecule has 0 saturated heterocycles. The second-order valence-electron chi connectivity index (χ2n) is 6.45. The molecule has 0 amide bonds. The Morgan fingerprint density at radius 2 is 2.12 bits per heavy atom. The molecular weight excluding hydrogens is 331 g/mol. The van der Waals surface area contributed by atoms with Gasteiger partial charge in [0.1, 0.15) is 22.9 Å². The first-order chi connectivity index (χ1) is 12.7. The number of fused-ring (bicyclic) bond motifs is 2. The van der Waals surface area contributed by atoms with E-state index >= 15 is 0 Å². The van der Waals surface area contributed by atoms with Gasteiger partial charge in [-0.25, -0.2) is 9.37 Å². The fourth-order valence-corrected chi connectivity index (χ4v) is 3.70. The second kappa shape index (κ2) is 5.69. The number of ether oxygens (including phenoxy) is 1. The van der Waals surface area contributed by atoms with E-state index in [9.17, 15) is 4.39 Å². The van der Waals surface area contributed by atoms with E-state index in [1.807, 2.05) is 33.6 Å². The maximum Gasteiger partial charge on any atom is 0.136 e. The lowest BCUT2D eigenvalue weighted by Crippen LogP contribution is -1.95. The minimum atomic E-state index is -0.299. The quantitative estimate of drug-likeness (QED) is 0.563. The molecule has 0 spiro atoms. The molecule has 4 heterocycles. The molecule has 0 fully saturated rings. The Morgan fingerprint density at radius 3 is 3.00 bits per heavy atom. The highest BCUT2D eigenvalue weighted by molar-refractivity contribution is 5.84. The number of benzene rings is 1. The van der Waals surface area contributed by atoms with Crippen molar-refractivity contribution in [3.05, 3.63) is 60.4 Å². The van der Waals surface area contributed by atoms with Crippen LogP contribution in [0.5, 0.6) is 5.75 Å². The van der Waals surface area contributed by atoms with Crippen molar-refractivity contribution in [1.29, 1.82) is 0 Å². The first kappa shape index (κ1) is 15.1. The fourth-order valence-electron chi connectivity index (χ4n) is 3.70. The molecule has 0 saturated carbocycles. The van der Waals surface area contributed by atoms with Gasteiger partial charge in [0.2, 0.25) is 0 Å². The topological polar surface area (TPSA) is 44.3 Å². The van der Waals surface area contributed by atoms with E-state index < -0.39 is 0 Å². The molecule has 1 aliphatic heterocycles. The number of hydrogen-bond donors (Lipinski definition) is 0. The van der Waals surface area contributed by atoms with Crippen LogP contribution in [0.4, 0.5) is 4.39 Å². The van der Waals surface area contributed by atoms with Gasteiger partial charge in [-0.2, -0.15) is 5.10 Å². The number of aromatic nitrogens is 4. The monoisotopic (exact) mass is 348 g/mol. The van der Waals surface area contributed by atoms with Gasteiger partial charge in [0.05, 0.1) is 7.11 Å². The summed E-state index contributed by atoms with van der Waals surface area (Å²) in [7, 11) is 1.58. The van der Waals surface area contributed by atoms with Crippen molar-refractivity contribution in [2.45, 2.75) is 19.4 Å². The van der Waals surface area contributed by atoms with E-state index in [1.165, 1.54) is 6.07 Å². The number of aryl methyl sites for hydroxylation is 1. The zero-order chi connectivity index (χ0) is 17.7. The van der Waals surface area contributed by atoms with Gasteiger partial charge in [0.15, 0.2) is 0 Å². The summed E-state index contributed by atoms with van der Waals surface area (Å²) in [5.41, 5.74) is 5.16. The van der Waals surface area contributed by atoms with Crippen LogP contribution in [0.15, 0.2) is 48.9 Å². The average molecular weight is 348 g/mol. The molecule has 0 atom stereocenters. The number of pyridine rings is 1. The van der Waals surface area contributed by atoms with Crippen LogP contribution in [0.25, 0.3) is 28.0 Å². The lowest BCUT2D eigenvalue weighted by atomic mass is 9.98. The van der Waals surface area contributed by atoms with Crippen LogP contribution in [-0.2, 0) is 13.0 Å². The summed E-state index contributed by atoms with van der Waals surface area (Å²) in [5, 5.41) is 4.74. The van der Waals surface area contributed by atoms with E-state index in [0.29, 0.717) is 17.0 Å². The zero-order valence-electron chi connectivity index (χ0n) is 14.3. The van der Waals surface area contributed by atoms with Crippen molar-refractivity contribution in [3.63, 3.8) is 0 Å². The third kappa shape index (κ3) is 2.22. The molecule has 0 aliphatic carbocycles. The number of imidazole rings is 1. The third-order valence-electron chi connectivity index (χ3n) is 4.95. The highest BCUT2D eigenvalue weighted by Crippen LogP contribution is 2.39. The van der Waals surface area contributed by atoms with Gasteiger partial charge in [0, 0.05) is 47.5 Å². The summed E-state index contributed by atoms with van der Waals surface area (Å²) in [5.74, 6) is 0.318. The van der Waals surface area contributed by atoms with Crippen molar-refractivity contribution >= 4 is 5.65 Å². The molecule has 3 aromatic heterocycles. The van der Waals surface area contributed by atoms with Crippen molar-refractivity contribution in [2.24, 2.45) is 0 Å². The first-order valence-electron chi connectivity index (χ1n) is 8.61. The molecule has 0 radical (unpaired) electrons. The Labute approximate surface area is 149 Å². The number of rotatable bonds is 3. The van der Waals surface area contributed by atoms with Crippen LogP contribution < -0.4 is 4.74 Å². The molecule has 0 unspecified atom stereocenters. The Balaban J connectivity index is 1.77. The number of methoxy groups -OCH3 is 1. The van der Waals surface area contributed by atoms with Gasteiger partial charge >= 0.3 is 0 Å². The van der Waals surface area contributed by atoms with Crippen LogP contribution in [0.2, 0.25) is 0 Å². The van der Waals surface area contributed by atoms with Crippen molar-refractivity contribution in [2.75, 3.05) is 7.11 Å². The van der Waals surface area contributed by atoms with Gasteiger partial charge in [-0.15, -0.1) is 0 Å². The smallest absolute Gasteiger partial charge is 0.136 e. The summed E-state index contributed by atoms with van der Waals surface area (Å²) in [6, 6.07) is 8.77. The van der Waals surface area contributed by atoms with E-state index in [0.717, 1.165) is 41.9 Å². The van der Waals surface area contributed by atoms with Crippen molar-refractivity contribution in [3.8, 4) is 28.1 Å². The normalized spacial score (nSPS) is 13.3. The summed E-state index contributed by atoms with van der Waals surface area (Å²) in [6.45, 7) is 0.862. The van der Waals surface area contributed by atoms with Crippen molar-refractivity contribution < 1.29 is 9.13 Å². The van der Waals surface area contributed by atoms with Crippen LogP contribution in [0.3, 0.4) is 0 Å². The number of halogens is 1. The maximum absolute atomic E-state index is 14.6. The van der Waals surface area contributed by atoms with Crippen molar-refractivity contribution in [1.82, 2.24) is 19.2 Å². The molecule has 5 nitrogen and oxygen atoms in total. The Bertz CT molecular complexity index is 1130. The molecule has 1 aliphatic rings. The standard InChI is InChI=1S/C20H17FN4O/c1-26-14-5-6-16(21)15(11-14)20-19(17-3-2-9-25(17)23-20)13-4-7-18-22-8-10-24(18)12-13/h4-8,10-12H,2-3,9H2,1H3. The highest BCUT2D eigenvalue weighted by atomic mass is 19.1. The molecule has 4 aromatic rings. The number of hydrogen-bond acceptors (Lipinski definition) is 3. The first-order valence-corrected chi connectivity index (χ1v) is 8.61. The predicted octanol–water partition coefficient (Wildman–Crippen LogP) is 3.96. The summed E-state index contributed by atoms with van der Waals surface area (Å²) in [6.07, 6.45) is 7.71. The summed E-state index contributed by atoms with van der Waals surface area (Å²) < 4.78 is 23.9. The summed E-state index contributed by atoms with van der Waals surface area (Å²) >= 11 is 0. The largest absolute Gasteiger partial charge is 0.497 e. The molecular formula is C20H17FN4O. The Hall–Kier alpha value is -3.15. The highest BCUT2D eigenvalue weighted by Gasteiger charge is 2.25. The summed E-state index contributed by atoms with van der Waals surface area (Å²) in [4.78, 5) is 4.30. The van der Waals surface area contributed by atoms with Crippen LogP contribution >= 0.6 is 0 Å². The van der Waals surface area contributed by atoms with E-state index in [-0.39, 0.29) is 5.82 Å². The van der Waals surface area contributed by atoms with Gasteiger partial charge < -0.3 is 9.14 Å². The zero-order valence-corrected chi connectivity index (χ0v) is 14.3. The van der Waals surface area contributed by atoms with Gasteiger partial charge in [-0.3, -0.25) is 4.68 Å². The van der Waals surface area contributed by atoms with Crippen LogP contribution in [0, 0.1) is 5.82 Å². The Kier molecular flexibility index (Phi) is 3.31. The lowest BCUT2D eigenvalue weighted by molar-refractivity contribution is 0.414. The molecule has 1 aromatic carbocycles. The van der Waals surface area contributed by atoms with Gasteiger partial charge in [0.25, 0.3) is 0 Å². The van der Waals surface area contributed by atoms with Gasteiger partial charge in [-0.05, 0) is 43.2 Å². The molecule has 130 valence electrons. The second-order valence-corrected chi connectivity index (χ2v) is 6.45. The predicted molar refractivity (Wildman–Crippen MR) is 96.7 cm³/mol.